The van der Waals surface area contributed by atoms with E-state index in [0.29, 0.717) is 18.6 Å². The average molecular weight is 659 g/mol. The van der Waals surface area contributed by atoms with Crippen LogP contribution in [0.4, 0.5) is 17.6 Å². The molecule has 0 unspecified atom stereocenters. The minimum atomic E-state index is -4.78. The zero-order chi connectivity index (χ0) is 34.2. The number of unbranched alkanes of at least 4 members (excludes halogenated alkanes) is 8. The van der Waals surface area contributed by atoms with Crippen LogP contribution in [0.1, 0.15) is 112 Å². The van der Waals surface area contributed by atoms with Crippen LogP contribution in [0.15, 0.2) is 66.7 Å². The number of carbonyl (C=O) groups is 3. The molecule has 0 saturated carbocycles. The van der Waals surface area contributed by atoms with E-state index in [9.17, 15) is 31.9 Å². The third-order valence-corrected chi connectivity index (χ3v) is 7.58. The number of hydrogen-bond donors (Lipinski definition) is 0. The molecule has 6 nitrogen and oxygen atoms in total. The molecule has 0 spiro atoms. The highest BCUT2D eigenvalue weighted by atomic mass is 19.4. The maximum absolute atomic E-state index is 14.6. The highest BCUT2D eigenvalue weighted by Gasteiger charge is 2.42. The van der Waals surface area contributed by atoms with Crippen LogP contribution in [0.2, 0.25) is 0 Å². The molecule has 0 heterocycles. The van der Waals surface area contributed by atoms with Crippen molar-refractivity contribution in [2.75, 3.05) is 0 Å². The number of ether oxygens (including phenoxy) is 3. The molecule has 0 fully saturated rings. The Hall–Kier alpha value is -4.21. The monoisotopic (exact) mass is 658 g/mol. The van der Waals surface area contributed by atoms with Gasteiger partial charge in [0.1, 0.15) is 17.3 Å². The second-order valence-corrected chi connectivity index (χ2v) is 11.4. The van der Waals surface area contributed by atoms with Crippen molar-refractivity contribution < 1.29 is 46.2 Å². The smallest absolute Gasteiger partial charge is 0.425 e. The van der Waals surface area contributed by atoms with Crippen LogP contribution in [0.3, 0.4) is 0 Å². The topological polar surface area (TPSA) is 78.9 Å². The van der Waals surface area contributed by atoms with E-state index in [2.05, 4.69) is 11.7 Å². The second kappa shape index (κ2) is 18.8. The highest BCUT2D eigenvalue weighted by Crippen LogP contribution is 2.29. The van der Waals surface area contributed by atoms with E-state index in [1.165, 1.54) is 44.2 Å². The minimum Gasteiger partial charge on any atom is -0.449 e. The van der Waals surface area contributed by atoms with Gasteiger partial charge in [0.05, 0.1) is 11.1 Å². The minimum absolute atomic E-state index is 0.160. The van der Waals surface area contributed by atoms with Crippen LogP contribution >= 0.6 is 0 Å². The summed E-state index contributed by atoms with van der Waals surface area (Å²) >= 11 is 0. The molecule has 3 aromatic carbocycles. The maximum atomic E-state index is 14.6. The molecule has 0 saturated heterocycles. The summed E-state index contributed by atoms with van der Waals surface area (Å²) in [5, 5.41) is 0. The lowest BCUT2D eigenvalue weighted by Gasteiger charge is -2.20. The summed E-state index contributed by atoms with van der Waals surface area (Å²) in [5.74, 6) is -3.50. The summed E-state index contributed by atoms with van der Waals surface area (Å²) in [4.78, 5) is 37.1. The number of esters is 3. The Morgan fingerprint density at radius 3 is 1.79 bits per heavy atom. The summed E-state index contributed by atoms with van der Waals surface area (Å²) in [6, 6.07) is 16.2. The van der Waals surface area contributed by atoms with Gasteiger partial charge >= 0.3 is 24.1 Å². The zero-order valence-electron chi connectivity index (χ0n) is 26.9. The Kier molecular flexibility index (Phi) is 14.9. The van der Waals surface area contributed by atoms with Gasteiger partial charge in [-0.3, -0.25) is 4.79 Å². The lowest BCUT2D eigenvalue weighted by molar-refractivity contribution is -0.206. The number of hydrogen-bond acceptors (Lipinski definition) is 6. The molecule has 0 aliphatic carbocycles. The van der Waals surface area contributed by atoms with E-state index >= 15 is 0 Å². The molecule has 0 aliphatic heterocycles. The van der Waals surface area contributed by atoms with Gasteiger partial charge in [0.25, 0.3) is 0 Å². The fraction of sp³-hybridized carbons (Fsp3) is 0.432. The number of alkyl halides is 3. The fourth-order valence-electron chi connectivity index (χ4n) is 4.86. The number of rotatable bonds is 18. The largest absolute Gasteiger partial charge is 0.449 e. The first-order valence-corrected chi connectivity index (χ1v) is 16.2. The van der Waals surface area contributed by atoms with Crippen LogP contribution in [-0.2, 0) is 9.53 Å². The van der Waals surface area contributed by atoms with Crippen molar-refractivity contribution in [3.63, 3.8) is 0 Å². The molecule has 3 rings (SSSR count). The quantitative estimate of drug-likeness (QED) is 0.0586. The zero-order valence-corrected chi connectivity index (χ0v) is 26.9. The average Bonchev–Trinajstić information content (AvgIpc) is 3.04. The predicted octanol–water partition coefficient (Wildman–Crippen LogP) is 10.4. The van der Waals surface area contributed by atoms with Crippen molar-refractivity contribution in [2.24, 2.45) is 0 Å². The number of halogens is 4. The lowest BCUT2D eigenvalue weighted by Crippen LogP contribution is -2.34. The van der Waals surface area contributed by atoms with Crippen LogP contribution < -0.4 is 9.47 Å². The maximum Gasteiger partial charge on any atom is 0.425 e. The molecule has 47 heavy (non-hydrogen) atoms. The first kappa shape index (κ1) is 37.2. The SMILES string of the molecule is CCCCCCCCCCC(=O)Oc1ccc(-c2ccc(C(=O)Oc3ccc(C(=O)O[C@H](CCCC)C(F)(F)F)c(F)c3)cc2)cc1. The Balaban J connectivity index is 1.50. The molecule has 254 valence electrons. The van der Waals surface area contributed by atoms with Gasteiger partial charge in [0.15, 0.2) is 6.10 Å². The van der Waals surface area contributed by atoms with Gasteiger partial charge in [-0.2, -0.15) is 13.2 Å². The number of carbonyl (C=O) groups excluding carboxylic acids is 3. The Labute approximate surface area is 273 Å². The van der Waals surface area contributed by atoms with E-state index in [0.717, 1.165) is 48.6 Å². The molecule has 0 bridgehead atoms. The van der Waals surface area contributed by atoms with Crippen molar-refractivity contribution in [2.45, 2.75) is 103 Å². The molecule has 0 aliphatic rings. The predicted molar refractivity (Wildman–Crippen MR) is 171 cm³/mol. The van der Waals surface area contributed by atoms with Gasteiger partial charge in [-0.15, -0.1) is 0 Å². The molecule has 10 heteroatoms. The van der Waals surface area contributed by atoms with Gasteiger partial charge in [-0.25, -0.2) is 14.0 Å². The summed E-state index contributed by atoms with van der Waals surface area (Å²) in [7, 11) is 0. The van der Waals surface area contributed by atoms with Gasteiger partial charge in [-0.1, -0.05) is 89.5 Å². The van der Waals surface area contributed by atoms with Crippen molar-refractivity contribution in [3.8, 4) is 22.6 Å². The van der Waals surface area contributed by atoms with Gasteiger partial charge < -0.3 is 14.2 Å². The second-order valence-electron chi connectivity index (χ2n) is 11.4. The molecule has 1 atom stereocenters. The van der Waals surface area contributed by atoms with Gasteiger partial charge in [-0.05, 0) is 66.8 Å². The summed E-state index contributed by atoms with van der Waals surface area (Å²) in [6.07, 6.45) is 2.62. The molecular formula is C37H42F4O6. The Morgan fingerprint density at radius 1 is 0.660 bits per heavy atom. The molecule has 0 aromatic heterocycles. The fourth-order valence-corrected chi connectivity index (χ4v) is 4.86. The van der Waals surface area contributed by atoms with Gasteiger partial charge in [0, 0.05) is 12.5 Å². The molecule has 3 aromatic rings. The summed E-state index contributed by atoms with van der Waals surface area (Å²) in [6.45, 7) is 3.89. The number of benzene rings is 3. The van der Waals surface area contributed by atoms with Crippen LogP contribution in [0, 0.1) is 5.82 Å². The van der Waals surface area contributed by atoms with Crippen molar-refractivity contribution in [3.05, 3.63) is 83.7 Å². The standard InChI is InChI=1S/C37H42F4O6/c1-3-5-7-8-9-10-11-12-14-34(42)45-29-21-19-27(20-22-29)26-15-17-28(18-16-26)35(43)46-30-23-24-31(32(38)25-30)36(44)47-33(13-6-4-2)37(39,40)41/h15-25,33H,3-14H2,1-2H3/t33-/m1/s1. The first-order valence-electron chi connectivity index (χ1n) is 16.2. The summed E-state index contributed by atoms with van der Waals surface area (Å²) < 4.78 is 69.4. The van der Waals surface area contributed by atoms with Crippen molar-refractivity contribution in [1.29, 1.82) is 0 Å². The summed E-state index contributed by atoms with van der Waals surface area (Å²) in [5.41, 5.74) is 1.06. The van der Waals surface area contributed by atoms with Gasteiger partial charge in [0.2, 0.25) is 0 Å². The lowest BCUT2D eigenvalue weighted by atomic mass is 10.0. The Morgan fingerprint density at radius 2 is 1.21 bits per heavy atom. The van der Waals surface area contributed by atoms with E-state index in [4.69, 9.17) is 9.47 Å². The molecular weight excluding hydrogens is 616 g/mol. The van der Waals surface area contributed by atoms with E-state index in [1.54, 1.807) is 43.3 Å². The highest BCUT2D eigenvalue weighted by molar-refractivity contribution is 5.92. The third-order valence-electron chi connectivity index (χ3n) is 7.58. The van der Waals surface area contributed by atoms with E-state index in [1.807, 2.05) is 0 Å². The third kappa shape index (κ3) is 12.5. The molecule has 0 N–H and O–H groups in total. The molecule has 0 amide bonds. The first-order chi connectivity index (χ1) is 22.5. The Bertz CT molecular complexity index is 1430. The van der Waals surface area contributed by atoms with Crippen LogP contribution in [-0.4, -0.2) is 30.2 Å². The van der Waals surface area contributed by atoms with Crippen molar-refractivity contribution in [1.82, 2.24) is 0 Å². The van der Waals surface area contributed by atoms with Crippen LogP contribution in [0.5, 0.6) is 11.5 Å². The van der Waals surface area contributed by atoms with E-state index in [-0.39, 0.29) is 23.7 Å². The van der Waals surface area contributed by atoms with E-state index < -0.39 is 42.0 Å². The normalized spacial score (nSPS) is 12.0. The van der Waals surface area contributed by atoms with Crippen LogP contribution in [0.25, 0.3) is 11.1 Å². The molecule has 0 radical (unpaired) electrons. The van der Waals surface area contributed by atoms with Crippen molar-refractivity contribution >= 4 is 17.9 Å².